The molecule has 21 heavy (non-hydrogen) atoms. The summed E-state index contributed by atoms with van der Waals surface area (Å²) in [5.74, 6) is 0. The maximum absolute atomic E-state index is 11.2. The van der Waals surface area contributed by atoms with Crippen molar-refractivity contribution in [2.45, 2.75) is 32.0 Å². The number of nitrogens with one attached hydrogen (secondary N) is 1. The van der Waals surface area contributed by atoms with Gasteiger partial charge in [0.25, 0.3) is 5.69 Å². The van der Waals surface area contributed by atoms with Gasteiger partial charge in [-0.25, -0.2) is 0 Å². The maximum atomic E-state index is 11.2. The zero-order valence-electron chi connectivity index (χ0n) is 11.5. The molecule has 0 amide bonds. The van der Waals surface area contributed by atoms with Crippen LogP contribution in [0.15, 0.2) is 41.0 Å². The molecule has 0 unspecified atom stereocenters. The van der Waals surface area contributed by atoms with Crippen LogP contribution >= 0.6 is 15.9 Å². The molecule has 0 bridgehead atoms. The van der Waals surface area contributed by atoms with Gasteiger partial charge in [-0.05, 0) is 37.1 Å². The van der Waals surface area contributed by atoms with E-state index in [9.17, 15) is 10.1 Å². The van der Waals surface area contributed by atoms with E-state index >= 15 is 0 Å². The predicted molar refractivity (Wildman–Crippen MR) is 84.2 cm³/mol. The Morgan fingerprint density at radius 3 is 2.90 bits per heavy atom. The highest BCUT2D eigenvalue weighted by Crippen LogP contribution is 2.25. The first kappa shape index (κ1) is 14.3. The summed E-state index contributed by atoms with van der Waals surface area (Å²) < 4.78 is 2.78. The Morgan fingerprint density at radius 2 is 2.19 bits per heavy atom. The van der Waals surface area contributed by atoms with E-state index in [1.807, 2.05) is 18.3 Å². The largest absolute Gasteiger partial charge is 0.346 e. The number of nitro benzene ring substituents is 1. The monoisotopic (exact) mass is 349 g/mol. The summed E-state index contributed by atoms with van der Waals surface area (Å²) in [6.07, 6.45) is 4.47. The van der Waals surface area contributed by atoms with Crippen LogP contribution in [-0.4, -0.2) is 15.5 Å². The van der Waals surface area contributed by atoms with E-state index in [0.29, 0.717) is 18.2 Å². The van der Waals surface area contributed by atoms with Crippen molar-refractivity contribution in [3.05, 3.63) is 62.4 Å². The van der Waals surface area contributed by atoms with E-state index in [4.69, 9.17) is 0 Å². The minimum absolute atomic E-state index is 0.152. The molecule has 1 aliphatic rings. The zero-order chi connectivity index (χ0) is 14.8. The second-order valence-electron chi connectivity index (χ2n) is 5.31. The summed E-state index contributed by atoms with van der Waals surface area (Å²) in [6, 6.07) is 9.89. The summed E-state index contributed by atoms with van der Waals surface area (Å²) in [7, 11) is 0. The summed E-state index contributed by atoms with van der Waals surface area (Å²) >= 11 is 3.28. The van der Waals surface area contributed by atoms with Gasteiger partial charge in [0.05, 0.1) is 11.5 Å². The Kier molecular flexibility index (Phi) is 4.07. The Hall–Kier alpha value is -1.66. The lowest BCUT2D eigenvalue weighted by Crippen LogP contribution is -2.18. The molecule has 0 radical (unpaired) electrons. The van der Waals surface area contributed by atoms with Crippen molar-refractivity contribution in [1.82, 2.24) is 9.88 Å². The molecule has 1 fully saturated rings. The lowest BCUT2D eigenvalue weighted by Gasteiger charge is -2.10. The third kappa shape index (κ3) is 3.51. The molecule has 0 saturated heterocycles. The number of rotatable bonds is 6. The van der Waals surface area contributed by atoms with Crippen LogP contribution in [0.25, 0.3) is 0 Å². The molecule has 1 aromatic heterocycles. The van der Waals surface area contributed by atoms with Crippen LogP contribution in [0.5, 0.6) is 0 Å². The minimum Gasteiger partial charge on any atom is -0.346 e. The number of benzene rings is 1. The highest BCUT2D eigenvalue weighted by molar-refractivity contribution is 9.10. The van der Waals surface area contributed by atoms with E-state index in [2.05, 4.69) is 31.9 Å². The second-order valence-corrected chi connectivity index (χ2v) is 6.23. The molecule has 0 aliphatic heterocycles. The molecule has 3 rings (SSSR count). The molecule has 1 heterocycles. The van der Waals surface area contributed by atoms with E-state index in [1.165, 1.54) is 12.8 Å². The molecular formula is C15H16BrN3O2. The molecule has 0 spiro atoms. The van der Waals surface area contributed by atoms with Gasteiger partial charge in [0.15, 0.2) is 0 Å². The van der Waals surface area contributed by atoms with Gasteiger partial charge in [-0.1, -0.05) is 15.9 Å². The summed E-state index contributed by atoms with van der Waals surface area (Å²) in [6.45, 7) is 1.32. The van der Waals surface area contributed by atoms with Crippen molar-refractivity contribution >= 4 is 21.6 Å². The van der Waals surface area contributed by atoms with Crippen molar-refractivity contribution in [2.24, 2.45) is 0 Å². The Balaban J connectivity index is 1.80. The van der Waals surface area contributed by atoms with Gasteiger partial charge in [-0.3, -0.25) is 10.1 Å². The number of hydrogen-bond acceptors (Lipinski definition) is 3. The Labute approximate surface area is 131 Å². The van der Waals surface area contributed by atoms with Gasteiger partial charge >= 0.3 is 0 Å². The normalized spacial score (nSPS) is 14.3. The van der Waals surface area contributed by atoms with Gasteiger partial charge in [-0.2, -0.15) is 0 Å². The first-order valence-electron chi connectivity index (χ1n) is 6.93. The van der Waals surface area contributed by atoms with Gasteiger partial charge in [0.2, 0.25) is 0 Å². The maximum Gasteiger partial charge on any atom is 0.275 e. The van der Waals surface area contributed by atoms with E-state index in [-0.39, 0.29) is 10.6 Å². The lowest BCUT2D eigenvalue weighted by molar-refractivity contribution is -0.385. The molecular weight excluding hydrogens is 334 g/mol. The highest BCUT2D eigenvalue weighted by atomic mass is 79.9. The molecule has 1 N–H and O–H groups in total. The fourth-order valence-electron chi connectivity index (χ4n) is 2.32. The van der Waals surface area contributed by atoms with E-state index in [1.54, 1.807) is 12.1 Å². The van der Waals surface area contributed by atoms with Crippen molar-refractivity contribution in [2.75, 3.05) is 0 Å². The van der Waals surface area contributed by atoms with Crippen LogP contribution in [0.1, 0.15) is 24.1 Å². The molecule has 6 heteroatoms. The van der Waals surface area contributed by atoms with Crippen LogP contribution in [0.4, 0.5) is 5.69 Å². The third-order valence-electron chi connectivity index (χ3n) is 3.66. The smallest absolute Gasteiger partial charge is 0.275 e. The van der Waals surface area contributed by atoms with Crippen LogP contribution in [0, 0.1) is 10.1 Å². The van der Waals surface area contributed by atoms with E-state index in [0.717, 1.165) is 16.7 Å². The van der Waals surface area contributed by atoms with Gasteiger partial charge in [0.1, 0.15) is 0 Å². The van der Waals surface area contributed by atoms with Crippen LogP contribution in [0.2, 0.25) is 0 Å². The highest BCUT2D eigenvalue weighted by Gasteiger charge is 2.21. The van der Waals surface area contributed by atoms with Crippen molar-refractivity contribution in [3.8, 4) is 0 Å². The minimum atomic E-state index is -0.328. The fraction of sp³-hybridized carbons (Fsp3) is 0.333. The average molecular weight is 350 g/mol. The van der Waals surface area contributed by atoms with Crippen molar-refractivity contribution in [1.29, 1.82) is 0 Å². The molecule has 2 aromatic rings. The second kappa shape index (κ2) is 5.99. The fourth-order valence-corrected chi connectivity index (χ4v) is 2.67. The first-order chi connectivity index (χ1) is 10.1. The third-order valence-corrected chi connectivity index (χ3v) is 4.15. The van der Waals surface area contributed by atoms with Crippen LogP contribution in [-0.2, 0) is 13.1 Å². The summed E-state index contributed by atoms with van der Waals surface area (Å²) in [5.41, 5.74) is 2.02. The van der Waals surface area contributed by atoms with Gasteiger partial charge < -0.3 is 9.88 Å². The van der Waals surface area contributed by atoms with Crippen LogP contribution < -0.4 is 5.32 Å². The van der Waals surface area contributed by atoms with E-state index < -0.39 is 0 Å². The molecule has 1 saturated carbocycles. The molecule has 1 aromatic carbocycles. The Bertz CT molecular complexity index is 665. The number of aromatic nitrogens is 1. The zero-order valence-corrected chi connectivity index (χ0v) is 13.0. The quantitative estimate of drug-likeness (QED) is 0.641. The van der Waals surface area contributed by atoms with Crippen molar-refractivity contribution < 1.29 is 4.92 Å². The number of hydrogen-bond donors (Lipinski definition) is 1. The molecule has 5 nitrogen and oxygen atoms in total. The summed E-state index contributed by atoms with van der Waals surface area (Å²) in [5, 5.41) is 14.6. The number of nitrogens with zero attached hydrogens (tertiary/aromatic N) is 2. The molecule has 0 atom stereocenters. The SMILES string of the molecule is O=[N+]([O-])c1cc(Br)ccc1Cn1cccc1CNC1CC1. The standard InChI is InChI=1S/C15H16BrN3O2/c16-12-4-3-11(15(8-12)19(20)21)10-18-7-1-2-14(18)9-17-13-5-6-13/h1-4,7-8,13,17H,5-6,9-10H2. The Morgan fingerprint density at radius 1 is 1.38 bits per heavy atom. The molecule has 110 valence electrons. The number of nitro groups is 1. The van der Waals surface area contributed by atoms with Crippen molar-refractivity contribution in [3.63, 3.8) is 0 Å². The predicted octanol–water partition coefficient (Wildman–Crippen LogP) is 3.46. The number of halogens is 1. The first-order valence-corrected chi connectivity index (χ1v) is 7.73. The van der Waals surface area contributed by atoms with Gasteiger partial charge in [0, 0.05) is 40.6 Å². The summed E-state index contributed by atoms with van der Waals surface area (Å²) in [4.78, 5) is 10.8. The molecule has 1 aliphatic carbocycles. The van der Waals surface area contributed by atoms with Gasteiger partial charge in [-0.15, -0.1) is 0 Å². The lowest BCUT2D eigenvalue weighted by atomic mass is 10.2. The topological polar surface area (TPSA) is 60.1 Å². The average Bonchev–Trinajstić information content (AvgIpc) is 3.18. The van der Waals surface area contributed by atoms with Crippen LogP contribution in [0.3, 0.4) is 0 Å².